The summed E-state index contributed by atoms with van der Waals surface area (Å²) in [5, 5.41) is 2.41. The molecule has 0 aromatic rings. The van der Waals surface area contributed by atoms with Crippen LogP contribution in [0.2, 0.25) is 0 Å². The van der Waals surface area contributed by atoms with Gasteiger partial charge in [-0.05, 0) is 19.3 Å². The van der Waals surface area contributed by atoms with Gasteiger partial charge in [0, 0.05) is 11.8 Å². The topological polar surface area (TPSA) is 46.2 Å². The first-order chi connectivity index (χ1) is 5.58. The van der Waals surface area contributed by atoms with Crippen LogP contribution < -0.4 is 5.32 Å². The number of carbonyl (C=O) groups excluding carboxylic acids is 2. The van der Waals surface area contributed by atoms with Crippen LogP contribution in [0.1, 0.15) is 39.5 Å². The molecule has 1 atom stereocenters. The van der Waals surface area contributed by atoms with Gasteiger partial charge in [-0.2, -0.15) is 0 Å². The van der Waals surface area contributed by atoms with Gasteiger partial charge in [0.15, 0.2) is 0 Å². The summed E-state index contributed by atoms with van der Waals surface area (Å²) in [5.41, 5.74) is -0.327. The molecule has 3 nitrogen and oxygen atoms in total. The van der Waals surface area contributed by atoms with Gasteiger partial charge in [-0.1, -0.05) is 13.8 Å². The van der Waals surface area contributed by atoms with E-state index in [1.807, 2.05) is 13.8 Å². The Morgan fingerprint density at radius 1 is 1.50 bits per heavy atom. The number of imide groups is 1. The molecule has 1 unspecified atom stereocenters. The molecule has 68 valence electrons. The highest BCUT2D eigenvalue weighted by molar-refractivity contribution is 5.98. The molecule has 0 aromatic heterocycles. The summed E-state index contributed by atoms with van der Waals surface area (Å²) < 4.78 is 0. The fraction of sp³-hybridized carbons (Fsp3) is 0.778. The molecule has 1 aliphatic heterocycles. The minimum absolute atomic E-state index is 0.104. The largest absolute Gasteiger partial charge is 0.296 e. The molecule has 2 amide bonds. The van der Waals surface area contributed by atoms with E-state index in [9.17, 15) is 9.59 Å². The quantitative estimate of drug-likeness (QED) is 0.600. The molecule has 0 spiro atoms. The van der Waals surface area contributed by atoms with Gasteiger partial charge in [-0.3, -0.25) is 14.9 Å². The highest BCUT2D eigenvalue weighted by Crippen LogP contribution is 2.29. The molecule has 0 aliphatic carbocycles. The summed E-state index contributed by atoms with van der Waals surface area (Å²) in [4.78, 5) is 22.4. The number of nitrogens with one attached hydrogen (secondary N) is 1. The fourth-order valence-electron chi connectivity index (χ4n) is 1.43. The van der Waals surface area contributed by atoms with Crippen molar-refractivity contribution in [3.05, 3.63) is 0 Å². The second kappa shape index (κ2) is 3.25. The van der Waals surface area contributed by atoms with E-state index in [4.69, 9.17) is 0 Å². The number of amides is 2. The lowest BCUT2D eigenvalue weighted by Gasteiger charge is -2.23. The Hall–Kier alpha value is -0.860. The van der Waals surface area contributed by atoms with E-state index in [1.54, 1.807) is 0 Å². The van der Waals surface area contributed by atoms with Crippen LogP contribution in [0, 0.1) is 5.41 Å². The highest BCUT2D eigenvalue weighted by Gasteiger charge is 2.34. The van der Waals surface area contributed by atoms with Gasteiger partial charge in [-0.15, -0.1) is 0 Å². The minimum atomic E-state index is -0.327. The second-order valence-electron chi connectivity index (χ2n) is 3.65. The van der Waals surface area contributed by atoms with Crippen LogP contribution in [0.25, 0.3) is 0 Å². The van der Waals surface area contributed by atoms with Gasteiger partial charge >= 0.3 is 0 Å². The monoisotopic (exact) mass is 169 g/mol. The molecule has 0 aromatic carbocycles. The Kier molecular flexibility index (Phi) is 2.50. The van der Waals surface area contributed by atoms with Crippen molar-refractivity contribution in [1.82, 2.24) is 5.32 Å². The smallest absolute Gasteiger partial charge is 0.232 e. The van der Waals surface area contributed by atoms with Crippen molar-refractivity contribution in [2.24, 2.45) is 5.41 Å². The number of hydrogen-bond acceptors (Lipinski definition) is 2. The molecule has 0 saturated carbocycles. The van der Waals surface area contributed by atoms with Crippen LogP contribution in [-0.2, 0) is 9.59 Å². The van der Waals surface area contributed by atoms with Crippen molar-refractivity contribution >= 4 is 11.8 Å². The Labute approximate surface area is 72.5 Å². The first-order valence-electron chi connectivity index (χ1n) is 4.43. The summed E-state index contributed by atoms with van der Waals surface area (Å²) >= 11 is 0. The van der Waals surface area contributed by atoms with Gasteiger partial charge in [0.05, 0.1) is 0 Å². The molecular formula is C9H15NO2. The van der Waals surface area contributed by atoms with Crippen LogP contribution in [0.3, 0.4) is 0 Å². The van der Waals surface area contributed by atoms with Gasteiger partial charge in [0.2, 0.25) is 11.8 Å². The van der Waals surface area contributed by atoms with Crippen molar-refractivity contribution in [3.63, 3.8) is 0 Å². The maximum absolute atomic E-state index is 11.4. The summed E-state index contributed by atoms with van der Waals surface area (Å²) in [6.07, 6.45) is 2.93. The first-order valence-corrected chi connectivity index (χ1v) is 4.43. The summed E-state index contributed by atoms with van der Waals surface area (Å²) in [6, 6.07) is 0. The van der Waals surface area contributed by atoms with E-state index < -0.39 is 0 Å². The number of hydrogen-bond donors (Lipinski definition) is 1. The lowest BCUT2D eigenvalue weighted by atomic mass is 9.82. The zero-order valence-electron chi connectivity index (χ0n) is 7.64. The predicted molar refractivity (Wildman–Crippen MR) is 45.4 cm³/mol. The Morgan fingerprint density at radius 2 is 2.17 bits per heavy atom. The average molecular weight is 169 g/mol. The fourth-order valence-corrected chi connectivity index (χ4v) is 1.43. The van der Waals surface area contributed by atoms with Crippen molar-refractivity contribution < 1.29 is 9.59 Å². The van der Waals surface area contributed by atoms with E-state index in [0.29, 0.717) is 6.42 Å². The van der Waals surface area contributed by atoms with Crippen LogP contribution in [0.4, 0.5) is 0 Å². The van der Waals surface area contributed by atoms with Crippen LogP contribution in [0.15, 0.2) is 0 Å². The van der Waals surface area contributed by atoms with Crippen molar-refractivity contribution in [3.8, 4) is 0 Å². The van der Waals surface area contributed by atoms with Gasteiger partial charge < -0.3 is 0 Å². The van der Waals surface area contributed by atoms with Crippen molar-refractivity contribution in [2.45, 2.75) is 39.5 Å². The summed E-state index contributed by atoms with van der Waals surface area (Å²) in [6.45, 7) is 3.90. The molecule has 1 aliphatic rings. The van der Waals surface area contributed by atoms with Gasteiger partial charge in [-0.25, -0.2) is 0 Å². The third kappa shape index (κ3) is 1.65. The Morgan fingerprint density at radius 3 is 2.75 bits per heavy atom. The lowest BCUT2D eigenvalue weighted by Crippen LogP contribution is -2.39. The molecule has 1 N–H and O–H groups in total. The second-order valence-corrected chi connectivity index (χ2v) is 3.65. The molecule has 0 radical (unpaired) electrons. The highest BCUT2D eigenvalue weighted by atomic mass is 16.2. The summed E-state index contributed by atoms with van der Waals surface area (Å²) in [7, 11) is 0. The average Bonchev–Trinajstić information content (AvgIpc) is 2.14. The number of carbonyl (C=O) groups is 2. The maximum atomic E-state index is 11.4. The predicted octanol–water partition coefficient (Wildman–Crippen LogP) is 1.23. The Balaban J connectivity index is 2.76. The molecule has 1 rings (SSSR count). The van der Waals surface area contributed by atoms with Crippen LogP contribution in [-0.4, -0.2) is 11.8 Å². The normalized spacial score (nSPS) is 31.2. The molecular weight excluding hydrogens is 154 g/mol. The molecule has 1 saturated heterocycles. The molecule has 0 bridgehead atoms. The Bertz CT molecular complexity index is 213. The zero-order chi connectivity index (χ0) is 9.19. The molecule has 1 heterocycles. The molecule has 12 heavy (non-hydrogen) atoms. The molecule has 3 heteroatoms. The van der Waals surface area contributed by atoms with E-state index in [0.717, 1.165) is 19.3 Å². The third-order valence-electron chi connectivity index (χ3n) is 2.71. The van der Waals surface area contributed by atoms with Crippen molar-refractivity contribution in [1.29, 1.82) is 0 Å². The maximum Gasteiger partial charge on any atom is 0.232 e. The summed E-state index contributed by atoms with van der Waals surface area (Å²) in [5.74, 6) is -0.232. The van der Waals surface area contributed by atoms with Crippen LogP contribution in [0.5, 0.6) is 0 Å². The molecule has 1 fully saturated rings. The SMILES string of the molecule is CCC1(C)CCCC(=O)NC1=O. The minimum Gasteiger partial charge on any atom is -0.296 e. The standard InChI is InChI=1S/C9H15NO2/c1-3-9(2)6-4-5-7(11)10-8(9)12/h3-6H2,1-2H3,(H,10,11,12). The first kappa shape index (κ1) is 9.23. The van der Waals surface area contributed by atoms with Crippen molar-refractivity contribution in [2.75, 3.05) is 0 Å². The van der Waals surface area contributed by atoms with E-state index >= 15 is 0 Å². The van der Waals surface area contributed by atoms with Crippen LogP contribution >= 0.6 is 0 Å². The van der Waals surface area contributed by atoms with E-state index in [1.165, 1.54) is 0 Å². The lowest BCUT2D eigenvalue weighted by molar-refractivity contribution is -0.135. The van der Waals surface area contributed by atoms with Gasteiger partial charge in [0.25, 0.3) is 0 Å². The van der Waals surface area contributed by atoms with E-state index in [-0.39, 0.29) is 17.2 Å². The zero-order valence-corrected chi connectivity index (χ0v) is 7.64. The third-order valence-corrected chi connectivity index (χ3v) is 2.71. The number of rotatable bonds is 1. The van der Waals surface area contributed by atoms with Gasteiger partial charge in [0.1, 0.15) is 0 Å². The van der Waals surface area contributed by atoms with E-state index in [2.05, 4.69) is 5.32 Å².